The molecule has 0 heterocycles. The summed E-state index contributed by atoms with van der Waals surface area (Å²) in [5.74, 6) is -4.36. The molecule has 2 aromatic carbocycles. The van der Waals surface area contributed by atoms with Crippen LogP contribution < -0.4 is 0 Å². The van der Waals surface area contributed by atoms with Crippen LogP contribution in [0.2, 0.25) is 5.02 Å². The molecule has 2 aromatic rings. The van der Waals surface area contributed by atoms with Crippen molar-refractivity contribution in [2.75, 3.05) is 0 Å². The highest BCUT2D eigenvalue weighted by atomic mass is 35.5. The van der Waals surface area contributed by atoms with Crippen molar-refractivity contribution in [2.24, 2.45) is 0 Å². The molecular weight excluding hydrogens is 277 g/mol. The Labute approximate surface area is 112 Å². The fourth-order valence-electron chi connectivity index (χ4n) is 1.68. The molecule has 19 heavy (non-hydrogen) atoms. The molecule has 2 rings (SSSR count). The van der Waals surface area contributed by atoms with Gasteiger partial charge in [0.15, 0.2) is 23.2 Å². The molecule has 0 bridgehead atoms. The molecule has 0 atom stereocenters. The first-order chi connectivity index (χ1) is 8.90. The van der Waals surface area contributed by atoms with Crippen LogP contribution in [-0.2, 0) is 0 Å². The Kier molecular flexibility index (Phi) is 3.62. The Bertz CT molecular complexity index is 645. The van der Waals surface area contributed by atoms with Gasteiger partial charge >= 0.3 is 0 Å². The zero-order valence-electron chi connectivity index (χ0n) is 9.81. The highest BCUT2D eigenvalue weighted by Gasteiger charge is 2.14. The van der Waals surface area contributed by atoms with E-state index in [2.05, 4.69) is 0 Å². The molecule has 0 N–H and O–H groups in total. The second kappa shape index (κ2) is 5.05. The Morgan fingerprint density at radius 2 is 1.63 bits per heavy atom. The smallest absolute Gasteiger partial charge is 0.194 e. The summed E-state index contributed by atoms with van der Waals surface area (Å²) >= 11 is 5.93. The molecule has 0 amide bonds. The maximum absolute atomic E-state index is 13.2. The van der Waals surface area contributed by atoms with Crippen molar-refractivity contribution in [3.05, 3.63) is 58.4 Å². The Morgan fingerprint density at radius 3 is 2.16 bits per heavy atom. The third-order valence-corrected chi connectivity index (χ3v) is 3.00. The summed E-state index contributed by atoms with van der Waals surface area (Å²) in [4.78, 5) is 11.3. The van der Waals surface area contributed by atoms with Crippen LogP contribution >= 0.6 is 11.6 Å². The van der Waals surface area contributed by atoms with Gasteiger partial charge in [0.25, 0.3) is 0 Å². The van der Waals surface area contributed by atoms with E-state index < -0.39 is 17.5 Å². The number of hydrogen-bond donors (Lipinski definition) is 0. The maximum Gasteiger partial charge on any atom is 0.194 e. The van der Waals surface area contributed by atoms with Crippen molar-refractivity contribution in [3.63, 3.8) is 0 Å². The molecule has 98 valence electrons. The molecule has 0 aliphatic heterocycles. The minimum atomic E-state index is -1.54. The first kappa shape index (κ1) is 13.6. The molecule has 1 nitrogen and oxygen atoms in total. The first-order valence-corrected chi connectivity index (χ1v) is 5.73. The molecular formula is C14H8ClF3O. The third-order valence-electron chi connectivity index (χ3n) is 2.67. The van der Waals surface area contributed by atoms with Gasteiger partial charge in [0.2, 0.25) is 0 Å². The van der Waals surface area contributed by atoms with E-state index in [-0.39, 0.29) is 21.9 Å². The Balaban J connectivity index is 2.64. The van der Waals surface area contributed by atoms with Crippen molar-refractivity contribution < 1.29 is 18.0 Å². The summed E-state index contributed by atoms with van der Waals surface area (Å²) in [7, 11) is 0. The monoisotopic (exact) mass is 284 g/mol. The van der Waals surface area contributed by atoms with Crippen molar-refractivity contribution in [2.45, 2.75) is 6.92 Å². The molecule has 0 aromatic heterocycles. The third kappa shape index (κ3) is 2.63. The number of hydrogen-bond acceptors (Lipinski definition) is 1. The zero-order valence-corrected chi connectivity index (χ0v) is 10.6. The lowest BCUT2D eigenvalue weighted by Crippen LogP contribution is -1.95. The van der Waals surface area contributed by atoms with Crippen LogP contribution in [0, 0.1) is 17.5 Å². The van der Waals surface area contributed by atoms with Gasteiger partial charge in [0, 0.05) is 16.1 Å². The van der Waals surface area contributed by atoms with Gasteiger partial charge in [-0.05, 0) is 42.8 Å². The molecule has 0 aliphatic rings. The average molecular weight is 285 g/mol. The summed E-state index contributed by atoms with van der Waals surface area (Å²) in [6.45, 7) is 1.36. The van der Waals surface area contributed by atoms with Gasteiger partial charge in [-0.1, -0.05) is 11.6 Å². The number of halogens is 4. The van der Waals surface area contributed by atoms with Gasteiger partial charge in [-0.15, -0.1) is 0 Å². The highest BCUT2D eigenvalue weighted by Crippen LogP contribution is 2.31. The number of benzene rings is 2. The second-order valence-corrected chi connectivity index (χ2v) is 4.41. The van der Waals surface area contributed by atoms with Gasteiger partial charge in [-0.25, -0.2) is 13.2 Å². The summed E-state index contributed by atoms with van der Waals surface area (Å²) < 4.78 is 39.3. The van der Waals surface area contributed by atoms with Crippen LogP contribution in [0.5, 0.6) is 0 Å². The standard InChI is InChI=1S/C14H8ClF3O/c1-7(19)8-2-3-11(15)10(4-8)9-5-12(16)14(18)13(17)6-9/h2-6H,1H3. The van der Waals surface area contributed by atoms with Gasteiger partial charge in [-0.3, -0.25) is 4.79 Å². The highest BCUT2D eigenvalue weighted by molar-refractivity contribution is 6.33. The van der Waals surface area contributed by atoms with Crippen LogP contribution in [0.25, 0.3) is 11.1 Å². The van der Waals surface area contributed by atoms with Crippen LogP contribution in [-0.4, -0.2) is 5.78 Å². The number of rotatable bonds is 2. The SMILES string of the molecule is CC(=O)c1ccc(Cl)c(-c2cc(F)c(F)c(F)c2)c1. The van der Waals surface area contributed by atoms with E-state index in [1.165, 1.54) is 25.1 Å². The van der Waals surface area contributed by atoms with Gasteiger partial charge in [-0.2, -0.15) is 0 Å². The topological polar surface area (TPSA) is 17.1 Å². The van der Waals surface area contributed by atoms with E-state index in [1.54, 1.807) is 0 Å². The lowest BCUT2D eigenvalue weighted by atomic mass is 10.0. The largest absolute Gasteiger partial charge is 0.295 e. The number of Topliss-reactive ketones (excluding diaryl/α,β-unsaturated/α-hetero) is 1. The van der Waals surface area contributed by atoms with E-state index in [0.29, 0.717) is 5.56 Å². The quantitative estimate of drug-likeness (QED) is 0.580. The minimum absolute atomic E-state index is 0.0736. The second-order valence-electron chi connectivity index (χ2n) is 4.00. The van der Waals surface area contributed by atoms with Crippen LogP contribution in [0.1, 0.15) is 17.3 Å². The van der Waals surface area contributed by atoms with E-state index in [0.717, 1.165) is 12.1 Å². The van der Waals surface area contributed by atoms with E-state index in [9.17, 15) is 18.0 Å². The van der Waals surface area contributed by atoms with Crippen molar-refractivity contribution in [1.29, 1.82) is 0 Å². The Morgan fingerprint density at radius 1 is 1.05 bits per heavy atom. The molecule has 0 aliphatic carbocycles. The normalized spacial score (nSPS) is 10.6. The van der Waals surface area contributed by atoms with Crippen LogP contribution in [0.4, 0.5) is 13.2 Å². The molecule has 5 heteroatoms. The van der Waals surface area contributed by atoms with Crippen LogP contribution in [0.3, 0.4) is 0 Å². The van der Waals surface area contributed by atoms with Gasteiger partial charge < -0.3 is 0 Å². The van der Waals surface area contributed by atoms with Crippen LogP contribution in [0.15, 0.2) is 30.3 Å². The Hall–Kier alpha value is -1.81. The van der Waals surface area contributed by atoms with E-state index in [4.69, 9.17) is 11.6 Å². The van der Waals surface area contributed by atoms with Gasteiger partial charge in [0.05, 0.1) is 0 Å². The molecule has 0 fully saturated rings. The van der Waals surface area contributed by atoms with E-state index >= 15 is 0 Å². The summed E-state index contributed by atoms with van der Waals surface area (Å²) in [6.07, 6.45) is 0. The summed E-state index contributed by atoms with van der Waals surface area (Å²) in [5.41, 5.74) is 0.696. The lowest BCUT2D eigenvalue weighted by molar-refractivity contribution is 0.101. The van der Waals surface area contributed by atoms with Crippen molar-refractivity contribution in [1.82, 2.24) is 0 Å². The molecule has 0 radical (unpaired) electrons. The minimum Gasteiger partial charge on any atom is -0.295 e. The lowest BCUT2D eigenvalue weighted by Gasteiger charge is -2.07. The zero-order chi connectivity index (χ0) is 14.2. The number of ketones is 1. The molecule has 0 saturated carbocycles. The summed E-state index contributed by atoms with van der Waals surface area (Å²) in [5, 5.41) is 0.218. The predicted octanol–water partition coefficient (Wildman–Crippen LogP) is 4.63. The fourth-order valence-corrected chi connectivity index (χ4v) is 1.90. The van der Waals surface area contributed by atoms with Crippen molar-refractivity contribution in [3.8, 4) is 11.1 Å². The molecule has 0 spiro atoms. The average Bonchev–Trinajstić information content (AvgIpc) is 2.35. The molecule has 0 unspecified atom stereocenters. The first-order valence-electron chi connectivity index (χ1n) is 5.35. The summed E-state index contributed by atoms with van der Waals surface area (Å²) in [6, 6.07) is 6.04. The van der Waals surface area contributed by atoms with E-state index in [1.807, 2.05) is 0 Å². The fraction of sp³-hybridized carbons (Fsp3) is 0.0714. The van der Waals surface area contributed by atoms with Gasteiger partial charge in [0.1, 0.15) is 0 Å². The number of carbonyl (C=O) groups is 1. The number of carbonyl (C=O) groups excluding carboxylic acids is 1. The maximum atomic E-state index is 13.2. The predicted molar refractivity (Wildman–Crippen MR) is 66.8 cm³/mol. The molecule has 0 saturated heterocycles. The van der Waals surface area contributed by atoms with Crippen molar-refractivity contribution >= 4 is 17.4 Å².